The van der Waals surface area contributed by atoms with Crippen LogP contribution in [0.5, 0.6) is 5.75 Å². The van der Waals surface area contributed by atoms with Crippen LogP contribution >= 0.6 is 11.6 Å². The van der Waals surface area contributed by atoms with Crippen molar-refractivity contribution in [2.24, 2.45) is 0 Å². The largest absolute Gasteiger partial charge is 0.506 e. The van der Waals surface area contributed by atoms with E-state index in [9.17, 15) is 9.90 Å². The van der Waals surface area contributed by atoms with E-state index in [2.05, 4.69) is 17.1 Å². The van der Waals surface area contributed by atoms with Gasteiger partial charge < -0.3 is 15.3 Å². The minimum absolute atomic E-state index is 0.00713. The number of nitrogens with zero attached hydrogens (tertiary/aromatic N) is 1. The van der Waals surface area contributed by atoms with Gasteiger partial charge in [-0.25, -0.2) is 0 Å². The predicted molar refractivity (Wildman–Crippen MR) is 85.0 cm³/mol. The Labute approximate surface area is 131 Å². The lowest BCUT2D eigenvalue weighted by Crippen LogP contribution is -2.39. The summed E-state index contributed by atoms with van der Waals surface area (Å²) in [7, 11) is 0. The first-order valence-corrected chi connectivity index (χ1v) is 7.96. The number of halogens is 1. The zero-order valence-electron chi connectivity index (χ0n) is 12.4. The quantitative estimate of drug-likeness (QED) is 0.822. The minimum Gasteiger partial charge on any atom is -0.506 e. The Kier molecular flexibility index (Phi) is 5.88. The van der Waals surface area contributed by atoms with Gasteiger partial charge in [0.15, 0.2) is 0 Å². The van der Waals surface area contributed by atoms with Crippen LogP contribution in [0.15, 0.2) is 18.2 Å². The van der Waals surface area contributed by atoms with E-state index in [1.54, 1.807) is 6.07 Å². The second-order valence-corrected chi connectivity index (χ2v) is 6.06. The van der Waals surface area contributed by atoms with E-state index in [1.807, 2.05) is 0 Å². The van der Waals surface area contributed by atoms with Gasteiger partial charge in [0.1, 0.15) is 5.75 Å². The van der Waals surface area contributed by atoms with Crippen LogP contribution in [0.25, 0.3) is 0 Å². The van der Waals surface area contributed by atoms with Crippen LogP contribution in [-0.4, -0.2) is 41.6 Å². The number of likely N-dealkylation sites (tertiary alicyclic amines) is 1. The van der Waals surface area contributed by atoms with E-state index in [-0.39, 0.29) is 16.7 Å². The van der Waals surface area contributed by atoms with E-state index < -0.39 is 0 Å². The van der Waals surface area contributed by atoms with E-state index >= 15 is 0 Å². The maximum Gasteiger partial charge on any atom is 0.251 e. The summed E-state index contributed by atoms with van der Waals surface area (Å²) >= 11 is 5.80. The SMILES string of the molecule is CC1CCCCN1CCCNC(=O)c1ccc(O)c(Cl)c1. The summed E-state index contributed by atoms with van der Waals surface area (Å²) < 4.78 is 0. The van der Waals surface area contributed by atoms with Gasteiger partial charge in [-0.1, -0.05) is 18.0 Å². The highest BCUT2D eigenvalue weighted by Crippen LogP contribution is 2.23. The Morgan fingerprint density at radius 2 is 2.29 bits per heavy atom. The first-order chi connectivity index (χ1) is 10.1. The minimum atomic E-state index is -0.149. The second kappa shape index (κ2) is 7.66. The third-order valence-electron chi connectivity index (χ3n) is 4.06. The molecule has 2 rings (SSSR count). The van der Waals surface area contributed by atoms with Crippen LogP contribution in [0.4, 0.5) is 0 Å². The molecule has 1 atom stereocenters. The predicted octanol–water partition coefficient (Wildman–Crippen LogP) is 3.04. The lowest BCUT2D eigenvalue weighted by atomic mass is 10.0. The molecule has 1 aliphatic rings. The number of hydrogen-bond donors (Lipinski definition) is 2. The molecule has 1 aliphatic heterocycles. The van der Waals surface area contributed by atoms with Crippen molar-refractivity contribution in [2.45, 2.75) is 38.6 Å². The van der Waals surface area contributed by atoms with Gasteiger partial charge in [-0.15, -0.1) is 0 Å². The molecule has 1 fully saturated rings. The molecular formula is C16H23ClN2O2. The highest BCUT2D eigenvalue weighted by molar-refractivity contribution is 6.32. The van der Waals surface area contributed by atoms with Crippen molar-refractivity contribution in [3.8, 4) is 5.75 Å². The number of benzene rings is 1. The average Bonchev–Trinajstić information content (AvgIpc) is 2.48. The summed E-state index contributed by atoms with van der Waals surface area (Å²) in [6.07, 6.45) is 4.83. The fourth-order valence-corrected chi connectivity index (χ4v) is 2.90. The van der Waals surface area contributed by atoms with Crippen LogP contribution in [0.3, 0.4) is 0 Å². The molecular weight excluding hydrogens is 288 g/mol. The van der Waals surface area contributed by atoms with Crippen LogP contribution in [0.2, 0.25) is 5.02 Å². The van der Waals surface area contributed by atoms with Crippen molar-refractivity contribution < 1.29 is 9.90 Å². The molecule has 1 heterocycles. The molecule has 0 saturated carbocycles. The Hall–Kier alpha value is -1.26. The Bertz CT molecular complexity index is 493. The van der Waals surface area contributed by atoms with Crippen molar-refractivity contribution in [2.75, 3.05) is 19.6 Å². The van der Waals surface area contributed by atoms with Gasteiger partial charge >= 0.3 is 0 Å². The lowest BCUT2D eigenvalue weighted by Gasteiger charge is -2.33. The smallest absolute Gasteiger partial charge is 0.251 e. The summed E-state index contributed by atoms with van der Waals surface area (Å²) in [5.74, 6) is -0.157. The molecule has 4 nitrogen and oxygen atoms in total. The molecule has 1 unspecified atom stereocenters. The molecule has 0 aliphatic carbocycles. The fourth-order valence-electron chi connectivity index (χ4n) is 2.72. The number of hydrogen-bond acceptors (Lipinski definition) is 3. The first kappa shape index (κ1) is 16.1. The number of piperidine rings is 1. The van der Waals surface area contributed by atoms with E-state index in [4.69, 9.17) is 11.6 Å². The van der Waals surface area contributed by atoms with Crippen molar-refractivity contribution >= 4 is 17.5 Å². The Morgan fingerprint density at radius 1 is 1.48 bits per heavy atom. The maximum absolute atomic E-state index is 12.0. The fraction of sp³-hybridized carbons (Fsp3) is 0.562. The zero-order chi connectivity index (χ0) is 15.2. The lowest BCUT2D eigenvalue weighted by molar-refractivity contribution is 0.0949. The maximum atomic E-state index is 12.0. The third kappa shape index (κ3) is 4.61. The molecule has 2 N–H and O–H groups in total. The van der Waals surface area contributed by atoms with E-state index in [0.29, 0.717) is 18.2 Å². The van der Waals surface area contributed by atoms with Gasteiger partial charge in [0, 0.05) is 24.7 Å². The molecule has 5 heteroatoms. The van der Waals surface area contributed by atoms with E-state index in [0.717, 1.165) is 13.0 Å². The molecule has 0 aromatic heterocycles. The topological polar surface area (TPSA) is 52.6 Å². The molecule has 1 aromatic carbocycles. The van der Waals surface area contributed by atoms with Crippen molar-refractivity contribution in [1.29, 1.82) is 0 Å². The van der Waals surface area contributed by atoms with Gasteiger partial charge in [-0.3, -0.25) is 4.79 Å². The van der Waals surface area contributed by atoms with Crippen molar-refractivity contribution in [3.05, 3.63) is 28.8 Å². The molecule has 116 valence electrons. The molecule has 1 amide bonds. The van der Waals surface area contributed by atoms with Gasteiger partial charge in [-0.2, -0.15) is 0 Å². The van der Waals surface area contributed by atoms with Crippen molar-refractivity contribution in [3.63, 3.8) is 0 Å². The number of amides is 1. The third-order valence-corrected chi connectivity index (χ3v) is 4.36. The van der Waals surface area contributed by atoms with Crippen LogP contribution in [0, 0.1) is 0 Å². The first-order valence-electron chi connectivity index (χ1n) is 7.58. The number of rotatable bonds is 5. The second-order valence-electron chi connectivity index (χ2n) is 5.66. The molecule has 21 heavy (non-hydrogen) atoms. The normalized spacial score (nSPS) is 19.4. The van der Waals surface area contributed by atoms with Gasteiger partial charge in [-0.05, 0) is 50.9 Å². The summed E-state index contributed by atoms with van der Waals surface area (Å²) in [6, 6.07) is 5.15. The number of nitrogens with one attached hydrogen (secondary N) is 1. The molecule has 0 spiro atoms. The number of phenols is 1. The Morgan fingerprint density at radius 3 is 3.00 bits per heavy atom. The van der Waals surface area contributed by atoms with E-state index in [1.165, 1.54) is 37.9 Å². The number of carbonyl (C=O) groups is 1. The number of aromatic hydroxyl groups is 1. The number of carbonyl (C=O) groups excluding carboxylic acids is 1. The zero-order valence-corrected chi connectivity index (χ0v) is 13.2. The Balaban J connectivity index is 1.72. The summed E-state index contributed by atoms with van der Waals surface area (Å²) in [5.41, 5.74) is 0.476. The van der Waals surface area contributed by atoms with Crippen molar-refractivity contribution in [1.82, 2.24) is 10.2 Å². The highest BCUT2D eigenvalue weighted by Gasteiger charge is 2.17. The monoisotopic (exact) mass is 310 g/mol. The molecule has 1 aromatic rings. The van der Waals surface area contributed by atoms with Gasteiger partial charge in [0.2, 0.25) is 0 Å². The highest BCUT2D eigenvalue weighted by atomic mass is 35.5. The summed E-state index contributed by atoms with van der Waals surface area (Å²) in [4.78, 5) is 14.5. The number of phenolic OH excluding ortho intramolecular Hbond substituents is 1. The average molecular weight is 311 g/mol. The van der Waals surface area contributed by atoms with Crippen LogP contribution in [0.1, 0.15) is 43.0 Å². The molecule has 1 saturated heterocycles. The van der Waals surface area contributed by atoms with Crippen LogP contribution < -0.4 is 5.32 Å². The van der Waals surface area contributed by atoms with Crippen LogP contribution in [-0.2, 0) is 0 Å². The molecule has 0 radical (unpaired) electrons. The molecule has 0 bridgehead atoms. The summed E-state index contributed by atoms with van der Waals surface area (Å²) in [5, 5.41) is 12.4. The van der Waals surface area contributed by atoms with Gasteiger partial charge in [0.05, 0.1) is 5.02 Å². The standard InChI is InChI=1S/C16H23ClN2O2/c1-12-5-2-3-9-19(12)10-4-8-18-16(21)13-6-7-15(20)14(17)11-13/h6-7,11-12,20H,2-5,8-10H2,1H3,(H,18,21). The van der Waals surface area contributed by atoms with Gasteiger partial charge in [0.25, 0.3) is 5.91 Å². The summed E-state index contributed by atoms with van der Waals surface area (Å²) in [6.45, 7) is 5.12.